The average Bonchev–Trinajstić information content (AvgIpc) is 2.48. The molecule has 0 bridgehead atoms. The highest BCUT2D eigenvalue weighted by molar-refractivity contribution is 5.69. The quantitative estimate of drug-likeness (QED) is 0.617. The van der Waals surface area contributed by atoms with Gasteiger partial charge in [0.05, 0.1) is 4.92 Å². The number of rotatable bonds is 6. The predicted octanol–water partition coefficient (Wildman–Crippen LogP) is 3.34. The molecule has 1 aliphatic rings. The minimum Gasteiger partial charge on any atom is -0.362 e. The minimum atomic E-state index is -0.407. The Bertz CT molecular complexity index is 488. The van der Waals surface area contributed by atoms with E-state index in [0.29, 0.717) is 11.6 Å². The zero-order valence-corrected chi connectivity index (χ0v) is 12.6. The fourth-order valence-electron chi connectivity index (χ4n) is 2.54. The molecule has 1 unspecified atom stereocenters. The van der Waals surface area contributed by atoms with Crippen molar-refractivity contribution in [3.8, 4) is 0 Å². The molecule has 7 nitrogen and oxygen atoms in total. The van der Waals surface area contributed by atoms with Gasteiger partial charge >= 0.3 is 5.69 Å². The van der Waals surface area contributed by atoms with Crippen molar-refractivity contribution >= 4 is 17.3 Å². The predicted molar refractivity (Wildman–Crippen MR) is 82.6 cm³/mol. The van der Waals surface area contributed by atoms with Crippen molar-refractivity contribution in [1.82, 2.24) is 9.97 Å². The Morgan fingerprint density at radius 3 is 2.62 bits per heavy atom. The van der Waals surface area contributed by atoms with Gasteiger partial charge in [0, 0.05) is 12.1 Å². The van der Waals surface area contributed by atoms with E-state index in [-0.39, 0.29) is 17.8 Å². The Balaban J connectivity index is 2.22. The lowest BCUT2D eigenvalue weighted by atomic mass is 9.95. The lowest BCUT2D eigenvalue weighted by Crippen LogP contribution is -2.24. The van der Waals surface area contributed by atoms with E-state index in [9.17, 15) is 10.1 Å². The van der Waals surface area contributed by atoms with E-state index >= 15 is 0 Å². The lowest BCUT2D eigenvalue weighted by Gasteiger charge is -2.23. The number of nitro groups is 1. The molecule has 0 aromatic carbocycles. The van der Waals surface area contributed by atoms with Crippen LogP contribution in [0.15, 0.2) is 6.33 Å². The summed E-state index contributed by atoms with van der Waals surface area (Å²) in [5.74, 6) is 0.621. The molecule has 1 heterocycles. The number of hydrogen-bond donors (Lipinski definition) is 2. The van der Waals surface area contributed by atoms with Gasteiger partial charge in [-0.25, -0.2) is 9.97 Å². The van der Waals surface area contributed by atoms with E-state index in [1.807, 2.05) is 13.8 Å². The van der Waals surface area contributed by atoms with Crippen LogP contribution >= 0.6 is 0 Å². The smallest absolute Gasteiger partial charge is 0.353 e. The molecule has 0 radical (unpaired) electrons. The van der Waals surface area contributed by atoms with Gasteiger partial charge in [0.1, 0.15) is 6.33 Å². The highest BCUT2D eigenvalue weighted by atomic mass is 16.6. The van der Waals surface area contributed by atoms with Crippen LogP contribution in [0.25, 0.3) is 0 Å². The fourth-order valence-corrected chi connectivity index (χ4v) is 2.54. The third kappa shape index (κ3) is 4.03. The van der Waals surface area contributed by atoms with Crippen molar-refractivity contribution in [3.63, 3.8) is 0 Å². The SMILES string of the molecule is CCC(C)Nc1ncnc(NC2CCCCC2)c1[N+](=O)[O-]. The van der Waals surface area contributed by atoms with E-state index in [1.165, 1.54) is 12.7 Å². The summed E-state index contributed by atoms with van der Waals surface area (Å²) in [7, 11) is 0. The van der Waals surface area contributed by atoms with Crippen molar-refractivity contribution in [2.24, 2.45) is 0 Å². The molecule has 1 aromatic heterocycles. The Hall–Kier alpha value is -1.92. The van der Waals surface area contributed by atoms with Crippen LogP contribution in [0.3, 0.4) is 0 Å². The van der Waals surface area contributed by atoms with Crippen molar-refractivity contribution in [2.75, 3.05) is 10.6 Å². The molecule has 1 atom stereocenters. The first-order chi connectivity index (χ1) is 10.1. The Kier molecular flexibility index (Phi) is 5.30. The van der Waals surface area contributed by atoms with Gasteiger partial charge in [0.15, 0.2) is 0 Å². The molecule has 2 rings (SSSR count). The number of nitrogens with zero attached hydrogens (tertiary/aromatic N) is 3. The molecule has 2 N–H and O–H groups in total. The molecular formula is C14H23N5O2. The molecule has 21 heavy (non-hydrogen) atoms. The molecular weight excluding hydrogens is 270 g/mol. The van der Waals surface area contributed by atoms with Crippen LogP contribution in [0.4, 0.5) is 17.3 Å². The van der Waals surface area contributed by atoms with Gasteiger partial charge in [0.25, 0.3) is 0 Å². The van der Waals surface area contributed by atoms with Gasteiger partial charge in [-0.1, -0.05) is 26.2 Å². The summed E-state index contributed by atoms with van der Waals surface area (Å²) in [4.78, 5) is 19.1. The monoisotopic (exact) mass is 293 g/mol. The van der Waals surface area contributed by atoms with Crippen LogP contribution < -0.4 is 10.6 Å². The molecule has 116 valence electrons. The fraction of sp³-hybridized carbons (Fsp3) is 0.714. The summed E-state index contributed by atoms with van der Waals surface area (Å²) >= 11 is 0. The van der Waals surface area contributed by atoms with Gasteiger partial charge in [-0.15, -0.1) is 0 Å². The second kappa shape index (κ2) is 7.19. The van der Waals surface area contributed by atoms with Crippen LogP contribution in [0, 0.1) is 10.1 Å². The number of nitrogens with one attached hydrogen (secondary N) is 2. The van der Waals surface area contributed by atoms with E-state index in [1.54, 1.807) is 0 Å². The van der Waals surface area contributed by atoms with Crippen molar-refractivity contribution in [2.45, 2.75) is 64.5 Å². The first-order valence-electron chi connectivity index (χ1n) is 7.64. The molecule has 1 fully saturated rings. The first kappa shape index (κ1) is 15.5. The standard InChI is InChI=1S/C14H23N5O2/c1-3-10(2)17-13-12(19(20)21)14(16-9-15-13)18-11-7-5-4-6-8-11/h9-11H,3-8H2,1-2H3,(H2,15,16,17,18). The van der Waals surface area contributed by atoms with Crippen LogP contribution in [0.1, 0.15) is 52.4 Å². The molecule has 0 saturated heterocycles. The Morgan fingerprint density at radius 1 is 1.33 bits per heavy atom. The van der Waals surface area contributed by atoms with E-state index in [4.69, 9.17) is 0 Å². The molecule has 1 saturated carbocycles. The summed E-state index contributed by atoms with van der Waals surface area (Å²) in [5.41, 5.74) is -0.0524. The lowest BCUT2D eigenvalue weighted by molar-refractivity contribution is -0.383. The minimum absolute atomic E-state index is 0.0524. The van der Waals surface area contributed by atoms with Gasteiger partial charge in [-0.2, -0.15) is 0 Å². The maximum absolute atomic E-state index is 11.4. The van der Waals surface area contributed by atoms with Crippen LogP contribution in [-0.2, 0) is 0 Å². The topological polar surface area (TPSA) is 93.0 Å². The maximum atomic E-state index is 11.4. The van der Waals surface area contributed by atoms with Crippen LogP contribution in [0.5, 0.6) is 0 Å². The zero-order chi connectivity index (χ0) is 15.2. The molecule has 7 heteroatoms. The molecule has 1 aliphatic carbocycles. The number of hydrogen-bond acceptors (Lipinski definition) is 6. The van der Waals surface area contributed by atoms with Crippen molar-refractivity contribution in [1.29, 1.82) is 0 Å². The molecule has 1 aromatic rings. The van der Waals surface area contributed by atoms with Crippen LogP contribution in [-0.4, -0.2) is 27.0 Å². The third-order valence-corrected chi connectivity index (χ3v) is 3.95. The van der Waals surface area contributed by atoms with Gasteiger partial charge in [-0.05, 0) is 26.2 Å². The Morgan fingerprint density at radius 2 is 2.00 bits per heavy atom. The van der Waals surface area contributed by atoms with Gasteiger partial charge in [-0.3, -0.25) is 10.1 Å². The summed E-state index contributed by atoms with van der Waals surface area (Å²) in [6, 6.07) is 0.393. The number of anilines is 2. The molecule has 0 aliphatic heterocycles. The summed E-state index contributed by atoms with van der Waals surface area (Å²) in [5, 5.41) is 17.7. The van der Waals surface area contributed by atoms with Gasteiger partial charge < -0.3 is 10.6 Å². The first-order valence-corrected chi connectivity index (χ1v) is 7.64. The average molecular weight is 293 g/mol. The highest BCUT2D eigenvalue weighted by Gasteiger charge is 2.25. The summed E-state index contributed by atoms with van der Waals surface area (Å²) < 4.78 is 0. The van der Waals surface area contributed by atoms with Crippen LogP contribution in [0.2, 0.25) is 0 Å². The zero-order valence-electron chi connectivity index (χ0n) is 12.6. The van der Waals surface area contributed by atoms with E-state index < -0.39 is 4.92 Å². The second-order valence-corrected chi connectivity index (χ2v) is 5.61. The summed E-state index contributed by atoms with van der Waals surface area (Å²) in [6.07, 6.45) is 7.88. The Labute approximate surface area is 124 Å². The van der Waals surface area contributed by atoms with E-state index in [2.05, 4.69) is 20.6 Å². The largest absolute Gasteiger partial charge is 0.362 e. The highest BCUT2D eigenvalue weighted by Crippen LogP contribution is 2.31. The third-order valence-electron chi connectivity index (χ3n) is 3.95. The number of aromatic nitrogens is 2. The maximum Gasteiger partial charge on any atom is 0.353 e. The van der Waals surface area contributed by atoms with E-state index in [0.717, 1.165) is 32.1 Å². The second-order valence-electron chi connectivity index (χ2n) is 5.61. The van der Waals surface area contributed by atoms with Crippen molar-refractivity contribution in [3.05, 3.63) is 16.4 Å². The molecule has 0 amide bonds. The normalized spacial score (nSPS) is 17.2. The molecule has 0 spiro atoms. The van der Waals surface area contributed by atoms with Crippen molar-refractivity contribution < 1.29 is 4.92 Å². The van der Waals surface area contributed by atoms with Gasteiger partial charge in [0.2, 0.25) is 11.6 Å². The summed E-state index contributed by atoms with van der Waals surface area (Å²) in [6.45, 7) is 3.99.